The summed E-state index contributed by atoms with van der Waals surface area (Å²) in [4.78, 5) is 15.3. The highest BCUT2D eigenvalue weighted by molar-refractivity contribution is 5.95. The molecule has 1 aromatic rings. The lowest BCUT2D eigenvalue weighted by Gasteiger charge is -2.44. The number of methoxy groups -OCH3 is 3. The molecule has 1 aromatic carbocycles. The maximum atomic E-state index is 12.9. The van der Waals surface area contributed by atoms with Crippen LogP contribution in [0.25, 0.3) is 0 Å². The molecule has 3 rings (SSSR count). The summed E-state index contributed by atoms with van der Waals surface area (Å²) >= 11 is 0. The number of benzene rings is 1. The summed E-state index contributed by atoms with van der Waals surface area (Å²) in [6, 6.07) is 3.65. The zero-order valence-electron chi connectivity index (χ0n) is 16.2. The summed E-state index contributed by atoms with van der Waals surface area (Å²) in [7, 11) is 6.84. The molecule has 2 aliphatic rings. The monoisotopic (exact) mass is 362 g/mol. The van der Waals surface area contributed by atoms with E-state index in [4.69, 9.17) is 14.2 Å². The van der Waals surface area contributed by atoms with E-state index in [9.17, 15) is 4.79 Å². The fourth-order valence-corrected chi connectivity index (χ4v) is 4.47. The molecule has 1 aliphatic heterocycles. The molecule has 0 bridgehead atoms. The van der Waals surface area contributed by atoms with Gasteiger partial charge in [-0.15, -0.1) is 0 Å². The minimum atomic E-state index is -0.0804. The molecule has 2 fully saturated rings. The second-order valence-corrected chi connectivity index (χ2v) is 7.40. The molecule has 1 amide bonds. The molecule has 0 radical (unpaired) electrons. The predicted octanol–water partition coefficient (Wildman–Crippen LogP) is 2.56. The van der Waals surface area contributed by atoms with Gasteiger partial charge in [-0.3, -0.25) is 4.79 Å². The van der Waals surface area contributed by atoms with Crippen LogP contribution in [0.4, 0.5) is 0 Å². The van der Waals surface area contributed by atoms with Crippen LogP contribution in [0.3, 0.4) is 0 Å². The van der Waals surface area contributed by atoms with Gasteiger partial charge in [0, 0.05) is 18.2 Å². The molecular weight excluding hydrogens is 332 g/mol. The molecule has 1 heterocycles. The van der Waals surface area contributed by atoms with Crippen molar-refractivity contribution in [2.45, 2.75) is 31.7 Å². The number of hydrogen-bond donors (Lipinski definition) is 1. The zero-order chi connectivity index (χ0) is 18.7. The number of fused-ring (bicyclic) bond motifs is 1. The van der Waals surface area contributed by atoms with E-state index >= 15 is 0 Å². The molecule has 1 aliphatic carbocycles. The quantitative estimate of drug-likeness (QED) is 0.872. The Morgan fingerprint density at radius 3 is 2.38 bits per heavy atom. The van der Waals surface area contributed by atoms with E-state index in [1.165, 1.54) is 19.3 Å². The second-order valence-electron chi connectivity index (χ2n) is 7.40. The Bertz CT molecular complexity index is 624. The summed E-state index contributed by atoms with van der Waals surface area (Å²) in [6.45, 7) is 2.22. The van der Waals surface area contributed by atoms with Crippen LogP contribution in [0.2, 0.25) is 0 Å². The van der Waals surface area contributed by atoms with Crippen LogP contribution in [0.1, 0.15) is 36.0 Å². The molecule has 0 spiro atoms. The number of nitrogens with zero attached hydrogens (tertiary/aromatic N) is 1. The predicted molar refractivity (Wildman–Crippen MR) is 100 cm³/mol. The summed E-state index contributed by atoms with van der Waals surface area (Å²) < 4.78 is 16.1. The van der Waals surface area contributed by atoms with Crippen LogP contribution in [0, 0.1) is 11.8 Å². The molecule has 6 heteroatoms. The number of ether oxygens (including phenoxy) is 3. The van der Waals surface area contributed by atoms with Gasteiger partial charge < -0.3 is 24.4 Å². The van der Waals surface area contributed by atoms with Crippen molar-refractivity contribution in [3.63, 3.8) is 0 Å². The Morgan fingerprint density at radius 2 is 1.77 bits per heavy atom. The Labute approximate surface area is 155 Å². The SMILES string of the molecule is COc1cc(C(=O)N[C@@H]2CCC[C@@H]3CCN(C)C[C@@H]32)cc(OC)c1OC. The molecule has 0 aromatic heterocycles. The van der Waals surface area contributed by atoms with E-state index in [2.05, 4.69) is 17.3 Å². The van der Waals surface area contributed by atoms with Crippen LogP contribution < -0.4 is 19.5 Å². The average molecular weight is 362 g/mol. The third-order valence-electron chi connectivity index (χ3n) is 5.86. The lowest BCUT2D eigenvalue weighted by molar-refractivity contribution is 0.0650. The average Bonchev–Trinajstić information content (AvgIpc) is 2.67. The van der Waals surface area contributed by atoms with Gasteiger partial charge in [0.25, 0.3) is 5.91 Å². The number of piperidine rings is 1. The number of carbonyl (C=O) groups is 1. The Morgan fingerprint density at radius 1 is 1.08 bits per heavy atom. The number of rotatable bonds is 5. The van der Waals surface area contributed by atoms with Crippen LogP contribution in [-0.4, -0.2) is 58.3 Å². The molecule has 1 saturated carbocycles. The van der Waals surface area contributed by atoms with Crippen molar-refractivity contribution in [1.82, 2.24) is 10.2 Å². The van der Waals surface area contributed by atoms with Gasteiger partial charge in [0.1, 0.15) is 0 Å². The van der Waals surface area contributed by atoms with Gasteiger partial charge in [-0.05, 0) is 56.8 Å². The lowest BCUT2D eigenvalue weighted by atomic mass is 9.72. The first kappa shape index (κ1) is 18.8. The van der Waals surface area contributed by atoms with Gasteiger partial charge >= 0.3 is 0 Å². The van der Waals surface area contributed by atoms with Crippen LogP contribution in [0.5, 0.6) is 17.2 Å². The smallest absolute Gasteiger partial charge is 0.251 e. The van der Waals surface area contributed by atoms with Crippen molar-refractivity contribution in [1.29, 1.82) is 0 Å². The molecule has 144 valence electrons. The molecule has 3 atom stereocenters. The molecular formula is C20H30N2O4. The number of likely N-dealkylation sites (tertiary alicyclic amines) is 1. The van der Waals surface area contributed by atoms with E-state index in [0.29, 0.717) is 28.7 Å². The fraction of sp³-hybridized carbons (Fsp3) is 0.650. The van der Waals surface area contributed by atoms with Crippen LogP contribution >= 0.6 is 0 Å². The van der Waals surface area contributed by atoms with Gasteiger partial charge in [0.2, 0.25) is 5.75 Å². The molecule has 1 saturated heterocycles. The first-order valence-electron chi connectivity index (χ1n) is 9.36. The highest BCUT2D eigenvalue weighted by Gasteiger charge is 2.37. The number of carbonyl (C=O) groups excluding carboxylic acids is 1. The highest BCUT2D eigenvalue weighted by atomic mass is 16.5. The Kier molecular flexibility index (Phi) is 5.91. The molecule has 6 nitrogen and oxygen atoms in total. The zero-order valence-corrected chi connectivity index (χ0v) is 16.2. The van der Waals surface area contributed by atoms with Crippen molar-refractivity contribution < 1.29 is 19.0 Å². The second kappa shape index (κ2) is 8.16. The minimum absolute atomic E-state index is 0.0804. The maximum absolute atomic E-state index is 12.9. The number of nitrogens with one attached hydrogen (secondary N) is 1. The first-order valence-corrected chi connectivity index (χ1v) is 9.36. The number of amides is 1. The summed E-state index contributed by atoms with van der Waals surface area (Å²) in [5, 5.41) is 3.28. The standard InChI is InChI=1S/C20H30N2O4/c1-22-9-8-13-6-5-7-16(15(13)12-22)21-20(23)14-10-17(24-2)19(26-4)18(11-14)25-3/h10-11,13,15-16H,5-9,12H2,1-4H3,(H,21,23)/t13-,15+,16-/m1/s1. The third-order valence-corrected chi connectivity index (χ3v) is 5.86. The Hall–Kier alpha value is -1.95. The molecule has 1 N–H and O–H groups in total. The lowest BCUT2D eigenvalue weighted by Crippen LogP contribution is -2.52. The van der Waals surface area contributed by atoms with Crippen LogP contribution in [0.15, 0.2) is 12.1 Å². The van der Waals surface area contributed by atoms with Crippen molar-refractivity contribution >= 4 is 5.91 Å². The van der Waals surface area contributed by atoms with Crippen molar-refractivity contribution in [2.24, 2.45) is 11.8 Å². The van der Waals surface area contributed by atoms with Gasteiger partial charge in [-0.25, -0.2) is 0 Å². The van der Waals surface area contributed by atoms with Crippen molar-refractivity contribution in [3.8, 4) is 17.2 Å². The molecule has 26 heavy (non-hydrogen) atoms. The third kappa shape index (κ3) is 3.75. The van der Waals surface area contributed by atoms with Crippen molar-refractivity contribution in [3.05, 3.63) is 17.7 Å². The first-order chi connectivity index (χ1) is 12.6. The van der Waals surface area contributed by atoms with E-state index in [1.54, 1.807) is 33.5 Å². The van der Waals surface area contributed by atoms with E-state index in [1.807, 2.05) is 0 Å². The van der Waals surface area contributed by atoms with Gasteiger partial charge in [-0.2, -0.15) is 0 Å². The minimum Gasteiger partial charge on any atom is -0.493 e. The summed E-state index contributed by atoms with van der Waals surface area (Å²) in [5.74, 6) is 2.67. The van der Waals surface area contributed by atoms with E-state index in [-0.39, 0.29) is 11.9 Å². The van der Waals surface area contributed by atoms with Crippen LogP contribution in [-0.2, 0) is 0 Å². The normalized spacial score (nSPS) is 25.9. The van der Waals surface area contributed by atoms with Gasteiger partial charge in [0.15, 0.2) is 11.5 Å². The number of hydrogen-bond acceptors (Lipinski definition) is 5. The van der Waals surface area contributed by atoms with E-state index in [0.717, 1.165) is 25.4 Å². The largest absolute Gasteiger partial charge is 0.493 e. The van der Waals surface area contributed by atoms with Gasteiger partial charge in [0.05, 0.1) is 21.3 Å². The topological polar surface area (TPSA) is 60.0 Å². The summed E-state index contributed by atoms with van der Waals surface area (Å²) in [5.41, 5.74) is 0.533. The van der Waals surface area contributed by atoms with Gasteiger partial charge in [-0.1, -0.05) is 6.42 Å². The summed E-state index contributed by atoms with van der Waals surface area (Å²) in [6.07, 6.45) is 4.75. The fourth-order valence-electron chi connectivity index (χ4n) is 4.47. The highest BCUT2D eigenvalue weighted by Crippen LogP contribution is 2.39. The van der Waals surface area contributed by atoms with Crippen molar-refractivity contribution in [2.75, 3.05) is 41.5 Å². The van der Waals surface area contributed by atoms with E-state index < -0.39 is 0 Å². The Balaban J connectivity index is 1.79. The molecule has 0 unspecified atom stereocenters. The maximum Gasteiger partial charge on any atom is 0.251 e.